The Labute approximate surface area is 208 Å². The molecule has 0 aliphatic heterocycles. The molecule has 0 fully saturated rings. The van der Waals surface area contributed by atoms with Crippen LogP contribution in [0.15, 0.2) is 36.4 Å². The number of hydrogen-bond donors (Lipinski definition) is 3. The number of ether oxygens (including phenoxy) is 2. The molecule has 10 nitrogen and oxygen atoms in total. The SMILES string of the molecule is COC(=O)CNS(=O)(=O)NNC(=O)[C@H](CC(C)C)[C@H](C/C=C/c1ccccc1)C(=O)OC(C)(C)C. The zero-order valence-electron chi connectivity index (χ0n) is 21.2. The van der Waals surface area contributed by atoms with Gasteiger partial charge in [0.2, 0.25) is 5.91 Å². The minimum atomic E-state index is -4.23. The van der Waals surface area contributed by atoms with E-state index in [1.807, 2.05) is 59.8 Å². The number of nitrogens with one attached hydrogen (secondary N) is 3. The minimum Gasteiger partial charge on any atom is -0.468 e. The van der Waals surface area contributed by atoms with Crippen LogP contribution in [0.4, 0.5) is 0 Å². The number of hydrogen-bond acceptors (Lipinski definition) is 7. The fraction of sp³-hybridized carbons (Fsp3) is 0.542. The van der Waals surface area contributed by atoms with Gasteiger partial charge in [0.1, 0.15) is 12.1 Å². The maximum Gasteiger partial charge on any atom is 0.320 e. The summed E-state index contributed by atoms with van der Waals surface area (Å²) in [4.78, 5) is 39.3. The van der Waals surface area contributed by atoms with Gasteiger partial charge in [0.15, 0.2) is 0 Å². The highest BCUT2D eigenvalue weighted by Gasteiger charge is 2.36. The first-order valence-corrected chi connectivity index (χ1v) is 12.8. The van der Waals surface area contributed by atoms with Crippen LogP contribution in [-0.4, -0.2) is 45.5 Å². The van der Waals surface area contributed by atoms with Crippen molar-refractivity contribution >= 4 is 34.1 Å². The lowest BCUT2D eigenvalue weighted by Crippen LogP contribution is -2.51. The molecule has 11 heteroatoms. The summed E-state index contributed by atoms with van der Waals surface area (Å²) in [5.74, 6) is -3.75. The molecule has 0 aromatic heterocycles. The summed E-state index contributed by atoms with van der Waals surface area (Å²) in [6.07, 6.45) is 4.17. The molecule has 196 valence electrons. The van der Waals surface area contributed by atoms with Gasteiger partial charge in [-0.15, -0.1) is 4.83 Å². The van der Waals surface area contributed by atoms with E-state index < -0.39 is 52.0 Å². The van der Waals surface area contributed by atoms with E-state index in [1.54, 1.807) is 26.8 Å². The van der Waals surface area contributed by atoms with E-state index in [2.05, 4.69) is 10.2 Å². The quantitative estimate of drug-likeness (QED) is 0.273. The first-order valence-electron chi connectivity index (χ1n) is 11.3. The highest BCUT2D eigenvalue weighted by atomic mass is 32.2. The van der Waals surface area contributed by atoms with Gasteiger partial charge in [-0.1, -0.05) is 56.3 Å². The van der Waals surface area contributed by atoms with E-state index in [-0.39, 0.29) is 12.3 Å². The fourth-order valence-corrected chi connectivity index (χ4v) is 3.77. The van der Waals surface area contributed by atoms with Gasteiger partial charge in [-0.05, 0) is 45.1 Å². The Morgan fingerprint density at radius 3 is 2.23 bits per heavy atom. The molecule has 0 saturated heterocycles. The Balaban J connectivity index is 3.09. The number of esters is 2. The largest absolute Gasteiger partial charge is 0.468 e. The van der Waals surface area contributed by atoms with Crippen LogP contribution in [0.2, 0.25) is 0 Å². The van der Waals surface area contributed by atoms with Gasteiger partial charge < -0.3 is 9.47 Å². The van der Waals surface area contributed by atoms with E-state index in [4.69, 9.17) is 4.74 Å². The van der Waals surface area contributed by atoms with Crippen molar-refractivity contribution in [3.63, 3.8) is 0 Å². The molecule has 0 unspecified atom stereocenters. The van der Waals surface area contributed by atoms with Gasteiger partial charge >= 0.3 is 11.9 Å². The van der Waals surface area contributed by atoms with Crippen LogP contribution in [0.25, 0.3) is 6.08 Å². The summed E-state index contributed by atoms with van der Waals surface area (Å²) < 4.78 is 36.1. The first kappa shape index (κ1) is 30.3. The van der Waals surface area contributed by atoms with E-state index in [0.717, 1.165) is 12.7 Å². The summed E-state index contributed by atoms with van der Waals surface area (Å²) in [6.45, 7) is 8.39. The lowest BCUT2D eigenvalue weighted by Gasteiger charge is -2.29. The Hall–Kier alpha value is -2.76. The molecule has 3 N–H and O–H groups in total. The number of methoxy groups -OCH3 is 1. The van der Waals surface area contributed by atoms with Crippen molar-refractivity contribution < 1.29 is 32.3 Å². The van der Waals surface area contributed by atoms with Gasteiger partial charge in [0.25, 0.3) is 10.2 Å². The van der Waals surface area contributed by atoms with Crippen molar-refractivity contribution in [3.8, 4) is 0 Å². The van der Waals surface area contributed by atoms with Gasteiger partial charge in [-0.25, -0.2) is 0 Å². The highest BCUT2D eigenvalue weighted by Crippen LogP contribution is 2.28. The summed E-state index contributed by atoms with van der Waals surface area (Å²) in [6, 6.07) is 9.49. The van der Waals surface area contributed by atoms with E-state index in [9.17, 15) is 22.8 Å². The number of hydrazine groups is 1. The molecular weight excluding hydrogens is 474 g/mol. The fourth-order valence-electron chi connectivity index (χ4n) is 3.15. The Morgan fingerprint density at radius 2 is 1.69 bits per heavy atom. The van der Waals surface area contributed by atoms with Crippen molar-refractivity contribution in [2.75, 3.05) is 13.7 Å². The number of carbonyl (C=O) groups excluding carboxylic acids is 3. The lowest BCUT2D eigenvalue weighted by molar-refractivity contribution is -0.164. The van der Waals surface area contributed by atoms with Gasteiger partial charge in [0, 0.05) is 0 Å². The van der Waals surface area contributed by atoms with Crippen molar-refractivity contribution in [2.45, 2.75) is 53.1 Å². The standard InChI is InChI=1S/C24H37N3O7S/c1-17(2)15-20(22(29)26-27-35(31,32)25-16-21(28)33-6)19(23(30)34-24(3,4)5)14-10-13-18-11-8-7-9-12-18/h7-13,17,19-20,25,27H,14-16H2,1-6H3,(H,26,29)/b13-10+/t19-,20+/m0/s1. The Kier molecular flexibility index (Phi) is 12.1. The molecular formula is C24H37N3O7S. The third-order valence-electron chi connectivity index (χ3n) is 4.70. The van der Waals surface area contributed by atoms with Crippen molar-refractivity contribution in [3.05, 3.63) is 42.0 Å². The number of amides is 1. The first-order chi connectivity index (χ1) is 16.2. The van der Waals surface area contributed by atoms with Crippen LogP contribution < -0.4 is 15.0 Å². The predicted octanol–water partition coefficient (Wildman–Crippen LogP) is 2.34. The normalized spacial score (nSPS) is 13.9. The minimum absolute atomic E-state index is 0.0304. The molecule has 1 aromatic carbocycles. The van der Waals surface area contributed by atoms with Crippen molar-refractivity contribution in [1.82, 2.24) is 15.0 Å². The number of carbonyl (C=O) groups is 3. The van der Waals surface area contributed by atoms with E-state index in [0.29, 0.717) is 6.42 Å². The third-order valence-corrected chi connectivity index (χ3v) is 5.60. The predicted molar refractivity (Wildman–Crippen MR) is 133 cm³/mol. The molecule has 0 saturated carbocycles. The maximum atomic E-state index is 13.1. The zero-order chi connectivity index (χ0) is 26.6. The topological polar surface area (TPSA) is 140 Å². The summed E-state index contributed by atoms with van der Waals surface area (Å²) in [5, 5.41) is 0. The summed E-state index contributed by atoms with van der Waals surface area (Å²) >= 11 is 0. The molecule has 1 aromatic rings. The van der Waals surface area contributed by atoms with Crippen molar-refractivity contribution in [1.29, 1.82) is 0 Å². The average Bonchev–Trinajstić information content (AvgIpc) is 2.77. The summed E-state index contributed by atoms with van der Waals surface area (Å²) in [5.41, 5.74) is 2.32. The smallest absolute Gasteiger partial charge is 0.320 e. The van der Waals surface area contributed by atoms with Crippen LogP contribution >= 0.6 is 0 Å². The monoisotopic (exact) mass is 511 g/mol. The van der Waals surface area contributed by atoms with Gasteiger partial charge in [-0.2, -0.15) is 13.1 Å². The second-order valence-corrected chi connectivity index (χ2v) is 10.9. The third kappa shape index (κ3) is 12.5. The molecule has 0 radical (unpaired) electrons. The molecule has 1 amide bonds. The molecule has 1 rings (SSSR count). The van der Waals surface area contributed by atoms with E-state index in [1.165, 1.54) is 0 Å². The zero-order valence-corrected chi connectivity index (χ0v) is 22.0. The van der Waals surface area contributed by atoms with Crippen LogP contribution in [0, 0.1) is 17.8 Å². The molecule has 0 spiro atoms. The molecule has 0 aliphatic carbocycles. The van der Waals surface area contributed by atoms with Crippen LogP contribution in [0.3, 0.4) is 0 Å². The molecule has 2 atom stereocenters. The second-order valence-electron chi connectivity index (χ2n) is 9.42. The molecule has 35 heavy (non-hydrogen) atoms. The van der Waals surface area contributed by atoms with Crippen molar-refractivity contribution in [2.24, 2.45) is 17.8 Å². The Bertz CT molecular complexity index is 971. The Morgan fingerprint density at radius 1 is 1.06 bits per heavy atom. The molecule has 0 heterocycles. The molecule has 0 aliphatic rings. The highest BCUT2D eigenvalue weighted by molar-refractivity contribution is 7.87. The maximum absolute atomic E-state index is 13.1. The molecule has 0 bridgehead atoms. The van der Waals surface area contributed by atoms with Crippen LogP contribution in [-0.2, 0) is 34.1 Å². The number of benzene rings is 1. The van der Waals surface area contributed by atoms with Gasteiger partial charge in [-0.3, -0.25) is 19.8 Å². The number of allylic oxidation sites excluding steroid dienone is 1. The number of rotatable bonds is 13. The lowest BCUT2D eigenvalue weighted by atomic mass is 9.82. The second kappa shape index (κ2) is 14.0. The van der Waals surface area contributed by atoms with Crippen LogP contribution in [0.1, 0.15) is 53.0 Å². The van der Waals surface area contributed by atoms with Crippen LogP contribution in [0.5, 0.6) is 0 Å². The summed E-state index contributed by atoms with van der Waals surface area (Å²) in [7, 11) is -3.12. The van der Waals surface area contributed by atoms with E-state index >= 15 is 0 Å². The van der Waals surface area contributed by atoms with Gasteiger partial charge in [0.05, 0.1) is 18.9 Å². The average molecular weight is 512 g/mol.